The van der Waals surface area contributed by atoms with Crippen molar-refractivity contribution in [3.05, 3.63) is 22.4 Å². The highest BCUT2D eigenvalue weighted by Crippen LogP contribution is 2.34. The van der Waals surface area contributed by atoms with Crippen molar-refractivity contribution in [2.45, 2.75) is 57.5 Å². The third kappa shape index (κ3) is 3.42. The van der Waals surface area contributed by atoms with E-state index in [1.807, 2.05) is 17.5 Å². The number of thiophene rings is 1. The van der Waals surface area contributed by atoms with Crippen molar-refractivity contribution in [2.75, 3.05) is 6.61 Å². The molecule has 0 N–H and O–H groups in total. The number of unbranched alkanes of at least 4 members (excludes halogenated alkanes) is 1. The van der Waals surface area contributed by atoms with Crippen molar-refractivity contribution in [3.63, 3.8) is 0 Å². The third-order valence-electron chi connectivity index (χ3n) is 3.70. The molecular formula is C15H22O2S. The summed E-state index contributed by atoms with van der Waals surface area (Å²) < 4.78 is 6.02. The standard InChI is InChI=1S/C15H22O2S/c1-2-3-8-15(9-4-5-10-17-15)12-13(16)14-7-6-11-18-14/h6-7,11H,2-5,8-10,12H2,1H3. The lowest BCUT2D eigenvalue weighted by molar-refractivity contribution is -0.0834. The van der Waals surface area contributed by atoms with Crippen LogP contribution in [0.3, 0.4) is 0 Å². The van der Waals surface area contributed by atoms with Crippen molar-refractivity contribution in [3.8, 4) is 0 Å². The molecule has 2 nitrogen and oxygen atoms in total. The Kier molecular flexibility index (Phi) is 4.95. The highest BCUT2D eigenvalue weighted by molar-refractivity contribution is 7.12. The van der Waals surface area contributed by atoms with Crippen LogP contribution in [0.1, 0.15) is 61.5 Å². The second kappa shape index (κ2) is 6.48. The van der Waals surface area contributed by atoms with E-state index in [1.165, 1.54) is 17.8 Å². The van der Waals surface area contributed by atoms with E-state index in [9.17, 15) is 4.79 Å². The van der Waals surface area contributed by atoms with Gasteiger partial charge in [0.2, 0.25) is 0 Å². The van der Waals surface area contributed by atoms with Gasteiger partial charge in [-0.1, -0.05) is 25.8 Å². The van der Waals surface area contributed by atoms with Crippen LogP contribution >= 0.6 is 11.3 Å². The molecule has 1 saturated heterocycles. The van der Waals surface area contributed by atoms with Gasteiger partial charge in [0.25, 0.3) is 0 Å². The van der Waals surface area contributed by atoms with E-state index in [0.717, 1.165) is 43.6 Å². The van der Waals surface area contributed by atoms with Crippen LogP contribution in [0, 0.1) is 0 Å². The second-order valence-electron chi connectivity index (χ2n) is 5.17. The van der Waals surface area contributed by atoms with E-state index in [2.05, 4.69) is 6.92 Å². The highest BCUT2D eigenvalue weighted by atomic mass is 32.1. The third-order valence-corrected chi connectivity index (χ3v) is 4.61. The first-order valence-corrected chi connectivity index (χ1v) is 7.84. The fraction of sp³-hybridized carbons (Fsp3) is 0.667. The van der Waals surface area contributed by atoms with E-state index in [4.69, 9.17) is 4.74 Å². The van der Waals surface area contributed by atoms with Gasteiger partial charge < -0.3 is 4.74 Å². The summed E-state index contributed by atoms with van der Waals surface area (Å²) in [6.07, 6.45) is 7.29. The summed E-state index contributed by atoms with van der Waals surface area (Å²) in [5.74, 6) is 0.253. The van der Waals surface area contributed by atoms with Gasteiger partial charge in [-0.2, -0.15) is 0 Å². The van der Waals surface area contributed by atoms with E-state index in [1.54, 1.807) is 0 Å². The number of carbonyl (C=O) groups is 1. The number of hydrogen-bond donors (Lipinski definition) is 0. The van der Waals surface area contributed by atoms with Crippen LogP contribution in [0.5, 0.6) is 0 Å². The van der Waals surface area contributed by atoms with Gasteiger partial charge in [-0.15, -0.1) is 11.3 Å². The highest BCUT2D eigenvalue weighted by Gasteiger charge is 2.35. The van der Waals surface area contributed by atoms with Gasteiger partial charge in [0.1, 0.15) is 0 Å². The zero-order chi connectivity index (χ0) is 12.8. The Morgan fingerprint density at radius 1 is 1.50 bits per heavy atom. The summed E-state index contributed by atoms with van der Waals surface area (Å²) in [5, 5.41) is 1.97. The first-order valence-electron chi connectivity index (χ1n) is 6.96. The first kappa shape index (κ1) is 13.8. The molecule has 1 fully saturated rings. The second-order valence-corrected chi connectivity index (χ2v) is 6.12. The van der Waals surface area contributed by atoms with Crippen LogP contribution < -0.4 is 0 Å². The molecule has 1 aromatic heterocycles. The lowest BCUT2D eigenvalue weighted by atomic mass is 9.84. The maximum atomic E-state index is 12.3. The maximum absolute atomic E-state index is 12.3. The first-order chi connectivity index (χ1) is 8.76. The molecule has 18 heavy (non-hydrogen) atoms. The van der Waals surface area contributed by atoms with E-state index in [0.29, 0.717) is 6.42 Å². The molecule has 0 aromatic carbocycles. The minimum absolute atomic E-state index is 0.171. The normalized spacial score (nSPS) is 24.1. The average molecular weight is 266 g/mol. The molecule has 0 aliphatic carbocycles. The van der Waals surface area contributed by atoms with Crippen molar-refractivity contribution in [1.29, 1.82) is 0 Å². The van der Waals surface area contributed by atoms with Crippen molar-refractivity contribution in [2.24, 2.45) is 0 Å². The summed E-state index contributed by atoms with van der Waals surface area (Å²) in [5.41, 5.74) is -0.171. The monoisotopic (exact) mass is 266 g/mol. The fourth-order valence-corrected chi connectivity index (χ4v) is 3.32. The topological polar surface area (TPSA) is 26.3 Å². The molecule has 0 saturated carbocycles. The molecular weight excluding hydrogens is 244 g/mol. The molecule has 1 aliphatic rings. The van der Waals surface area contributed by atoms with Crippen molar-refractivity contribution < 1.29 is 9.53 Å². The molecule has 3 heteroatoms. The Hall–Kier alpha value is -0.670. The van der Waals surface area contributed by atoms with E-state index in [-0.39, 0.29) is 11.4 Å². The Balaban J connectivity index is 2.02. The molecule has 0 radical (unpaired) electrons. The quantitative estimate of drug-likeness (QED) is 0.711. The van der Waals surface area contributed by atoms with Crippen LogP contribution in [-0.4, -0.2) is 18.0 Å². The summed E-state index contributed by atoms with van der Waals surface area (Å²) in [6.45, 7) is 3.01. The maximum Gasteiger partial charge on any atom is 0.175 e. The zero-order valence-electron chi connectivity index (χ0n) is 11.1. The summed E-state index contributed by atoms with van der Waals surface area (Å²) in [6, 6.07) is 3.86. The van der Waals surface area contributed by atoms with Crippen LogP contribution in [0.25, 0.3) is 0 Å². The molecule has 100 valence electrons. The molecule has 1 unspecified atom stereocenters. The fourth-order valence-electron chi connectivity index (χ4n) is 2.65. The lowest BCUT2D eigenvalue weighted by Crippen LogP contribution is -2.38. The Bertz CT molecular complexity index is 364. The van der Waals surface area contributed by atoms with E-state index >= 15 is 0 Å². The van der Waals surface area contributed by atoms with Gasteiger partial charge in [-0.05, 0) is 37.1 Å². The number of Topliss-reactive ketones (excluding diaryl/α,β-unsaturated/α-hetero) is 1. The SMILES string of the molecule is CCCCC1(CC(=O)c2cccs2)CCCCO1. The molecule has 1 aromatic rings. The summed E-state index contributed by atoms with van der Waals surface area (Å²) in [7, 11) is 0. The van der Waals surface area contributed by atoms with Crippen LogP contribution in [0.15, 0.2) is 17.5 Å². The van der Waals surface area contributed by atoms with Gasteiger partial charge in [0.15, 0.2) is 5.78 Å². The number of ketones is 1. The average Bonchev–Trinajstić information content (AvgIpc) is 2.91. The summed E-state index contributed by atoms with van der Waals surface area (Å²) in [4.78, 5) is 13.1. The number of rotatable bonds is 6. The van der Waals surface area contributed by atoms with Gasteiger partial charge in [-0.25, -0.2) is 0 Å². The zero-order valence-corrected chi connectivity index (χ0v) is 11.9. The van der Waals surface area contributed by atoms with Crippen molar-refractivity contribution in [1.82, 2.24) is 0 Å². The Morgan fingerprint density at radius 3 is 3.00 bits per heavy atom. The molecule has 0 amide bonds. The number of hydrogen-bond acceptors (Lipinski definition) is 3. The minimum atomic E-state index is -0.171. The predicted molar refractivity (Wildman–Crippen MR) is 75.3 cm³/mol. The lowest BCUT2D eigenvalue weighted by Gasteiger charge is -2.37. The van der Waals surface area contributed by atoms with Crippen LogP contribution in [-0.2, 0) is 4.74 Å². The smallest absolute Gasteiger partial charge is 0.175 e. The molecule has 0 spiro atoms. The van der Waals surface area contributed by atoms with Gasteiger partial charge in [-0.3, -0.25) is 4.79 Å². The molecule has 1 aliphatic heterocycles. The minimum Gasteiger partial charge on any atom is -0.375 e. The number of carbonyl (C=O) groups excluding carboxylic acids is 1. The Labute approximate surface area is 113 Å². The molecule has 2 rings (SSSR count). The van der Waals surface area contributed by atoms with Crippen LogP contribution in [0.4, 0.5) is 0 Å². The van der Waals surface area contributed by atoms with E-state index < -0.39 is 0 Å². The van der Waals surface area contributed by atoms with Gasteiger partial charge >= 0.3 is 0 Å². The largest absolute Gasteiger partial charge is 0.375 e. The predicted octanol–water partition coefficient (Wildman–Crippen LogP) is 4.45. The number of ether oxygens (including phenoxy) is 1. The Morgan fingerprint density at radius 2 is 2.39 bits per heavy atom. The molecule has 2 heterocycles. The van der Waals surface area contributed by atoms with Gasteiger partial charge in [0.05, 0.1) is 10.5 Å². The van der Waals surface area contributed by atoms with Crippen molar-refractivity contribution >= 4 is 17.1 Å². The van der Waals surface area contributed by atoms with Crippen LogP contribution in [0.2, 0.25) is 0 Å². The summed E-state index contributed by atoms with van der Waals surface area (Å²) >= 11 is 1.54. The molecule has 0 bridgehead atoms. The van der Waals surface area contributed by atoms with Gasteiger partial charge in [0, 0.05) is 13.0 Å². The molecule has 1 atom stereocenters.